The van der Waals surface area contributed by atoms with Crippen molar-refractivity contribution in [1.29, 1.82) is 0 Å². The van der Waals surface area contributed by atoms with E-state index < -0.39 is 0 Å². The average Bonchev–Trinajstić information content (AvgIpc) is 3.01. The maximum absolute atomic E-state index is 12.9. The highest BCUT2D eigenvalue weighted by Crippen LogP contribution is 2.37. The summed E-state index contributed by atoms with van der Waals surface area (Å²) in [5.74, 6) is 0.918. The molecular weight excluding hydrogens is 398 g/mol. The predicted octanol–water partition coefficient (Wildman–Crippen LogP) is 5.69. The van der Waals surface area contributed by atoms with Gasteiger partial charge in [0.25, 0.3) is 5.56 Å². The maximum Gasteiger partial charge on any atom is 0.260 e. The Hall–Kier alpha value is -1.63. The van der Waals surface area contributed by atoms with Crippen molar-refractivity contribution in [3.63, 3.8) is 0 Å². The van der Waals surface area contributed by atoms with E-state index in [1.54, 1.807) is 23.1 Å². The van der Waals surface area contributed by atoms with Crippen LogP contribution < -0.4 is 5.56 Å². The molecule has 0 aliphatic carbocycles. The Kier molecular flexibility index (Phi) is 6.87. The normalized spacial score (nSPS) is 12.2. The third-order valence-corrected chi connectivity index (χ3v) is 7.15. The number of thioether (sulfide) groups is 1. The van der Waals surface area contributed by atoms with Crippen LogP contribution in [0.3, 0.4) is 0 Å². The number of thiophene rings is 1. The second-order valence-electron chi connectivity index (χ2n) is 8.29. The zero-order chi connectivity index (χ0) is 21.2. The van der Waals surface area contributed by atoms with Gasteiger partial charge in [0.1, 0.15) is 4.83 Å². The van der Waals surface area contributed by atoms with Gasteiger partial charge in [0, 0.05) is 22.7 Å². The van der Waals surface area contributed by atoms with Gasteiger partial charge < -0.3 is 9.88 Å². The van der Waals surface area contributed by atoms with E-state index >= 15 is 0 Å². The molecule has 0 fully saturated rings. The van der Waals surface area contributed by atoms with Crippen molar-refractivity contribution in [3.05, 3.63) is 45.1 Å². The molecule has 156 valence electrons. The van der Waals surface area contributed by atoms with Gasteiger partial charge in [0.05, 0.1) is 5.39 Å². The van der Waals surface area contributed by atoms with Crippen LogP contribution in [0.5, 0.6) is 0 Å². The van der Waals surface area contributed by atoms with Crippen LogP contribution in [0.25, 0.3) is 21.3 Å². The van der Waals surface area contributed by atoms with Crippen molar-refractivity contribution < 1.29 is 0 Å². The van der Waals surface area contributed by atoms with E-state index in [2.05, 4.69) is 75.7 Å². The molecule has 0 aliphatic heterocycles. The number of aromatic amines is 1. The highest BCUT2D eigenvalue weighted by Gasteiger charge is 2.18. The molecular formula is C23H31N3OS2. The molecule has 29 heavy (non-hydrogen) atoms. The van der Waals surface area contributed by atoms with Crippen LogP contribution in [0.4, 0.5) is 0 Å². The number of nitrogens with one attached hydrogen (secondary N) is 1. The lowest BCUT2D eigenvalue weighted by Gasteiger charge is -2.19. The molecule has 2 aromatic heterocycles. The fourth-order valence-electron chi connectivity index (χ4n) is 3.46. The molecule has 3 aromatic rings. The van der Waals surface area contributed by atoms with Gasteiger partial charge in [0.2, 0.25) is 0 Å². The molecule has 4 nitrogen and oxygen atoms in total. The third kappa shape index (κ3) is 4.93. The summed E-state index contributed by atoms with van der Waals surface area (Å²) in [6.45, 7) is 16.1. The summed E-state index contributed by atoms with van der Waals surface area (Å²) >= 11 is 3.23. The molecule has 0 spiro atoms. The van der Waals surface area contributed by atoms with Gasteiger partial charge in [-0.25, -0.2) is 4.98 Å². The number of nitrogens with zero attached hydrogens (tertiary/aromatic N) is 2. The zero-order valence-electron chi connectivity index (χ0n) is 18.3. The average molecular weight is 430 g/mol. The number of rotatable bonds is 7. The first-order valence-electron chi connectivity index (χ1n) is 10.2. The second-order valence-corrected chi connectivity index (χ2v) is 10.6. The van der Waals surface area contributed by atoms with Gasteiger partial charge in [-0.2, -0.15) is 0 Å². The lowest BCUT2D eigenvalue weighted by molar-refractivity contribution is 0.324. The highest BCUT2D eigenvalue weighted by atomic mass is 32.2. The Labute approximate surface area is 181 Å². The van der Waals surface area contributed by atoms with Crippen molar-refractivity contribution in [3.8, 4) is 11.1 Å². The van der Waals surface area contributed by atoms with Gasteiger partial charge in [-0.15, -0.1) is 11.3 Å². The number of fused-ring (bicyclic) bond motifs is 1. The molecule has 0 amide bonds. The number of aryl methyl sites for hydroxylation is 1. The monoisotopic (exact) mass is 429 g/mol. The first-order chi connectivity index (χ1) is 13.7. The van der Waals surface area contributed by atoms with E-state index in [4.69, 9.17) is 4.98 Å². The Morgan fingerprint density at radius 3 is 2.38 bits per heavy atom. The standard InChI is InChI=1S/C23H31N3OS2/c1-7-26(8-2)13-14-28-22-24-20(27)19-18(15(3)29-21(19)25-22)16-9-11-17(12-10-16)23(4,5)6/h9-12H,7-8,13-14H2,1-6H3,(H,24,25,27). The van der Waals surface area contributed by atoms with E-state index in [-0.39, 0.29) is 11.0 Å². The summed E-state index contributed by atoms with van der Waals surface area (Å²) in [6.07, 6.45) is 0. The van der Waals surface area contributed by atoms with Gasteiger partial charge in [-0.05, 0) is 36.6 Å². The lowest BCUT2D eigenvalue weighted by Crippen LogP contribution is -2.25. The smallest absolute Gasteiger partial charge is 0.260 e. The molecule has 3 rings (SSSR count). The molecule has 0 saturated heterocycles. The summed E-state index contributed by atoms with van der Waals surface area (Å²) < 4.78 is 0. The molecule has 0 saturated carbocycles. The number of benzene rings is 1. The minimum atomic E-state index is -0.0420. The summed E-state index contributed by atoms with van der Waals surface area (Å²) in [4.78, 5) is 25.0. The molecule has 0 radical (unpaired) electrons. The summed E-state index contributed by atoms with van der Waals surface area (Å²) in [6, 6.07) is 8.58. The van der Waals surface area contributed by atoms with Crippen LogP contribution in [0.2, 0.25) is 0 Å². The van der Waals surface area contributed by atoms with Gasteiger partial charge >= 0.3 is 0 Å². The van der Waals surface area contributed by atoms with Crippen molar-refractivity contribution in [2.45, 2.75) is 52.1 Å². The van der Waals surface area contributed by atoms with Crippen molar-refractivity contribution >= 4 is 33.3 Å². The number of aromatic nitrogens is 2. The van der Waals surface area contributed by atoms with E-state index in [1.165, 1.54) is 5.56 Å². The Morgan fingerprint density at radius 1 is 1.14 bits per heavy atom. The summed E-state index contributed by atoms with van der Waals surface area (Å²) in [7, 11) is 0. The molecule has 1 aromatic carbocycles. The van der Waals surface area contributed by atoms with Gasteiger partial charge in [0.15, 0.2) is 5.16 Å². The fourth-order valence-corrected chi connectivity index (χ4v) is 5.43. The Balaban J connectivity index is 1.91. The summed E-state index contributed by atoms with van der Waals surface area (Å²) in [5.41, 5.74) is 3.45. The number of hydrogen-bond acceptors (Lipinski definition) is 5. The first kappa shape index (κ1) is 22.1. The van der Waals surface area contributed by atoms with E-state index in [9.17, 15) is 4.79 Å². The topological polar surface area (TPSA) is 49.0 Å². The molecule has 2 heterocycles. The maximum atomic E-state index is 12.9. The molecule has 0 aliphatic rings. The molecule has 0 unspecified atom stereocenters. The Bertz CT molecular complexity index is 1030. The molecule has 0 atom stereocenters. The van der Waals surface area contributed by atoms with Crippen molar-refractivity contribution in [2.75, 3.05) is 25.4 Å². The number of H-pyrrole nitrogens is 1. The minimum absolute atomic E-state index is 0.0420. The fraction of sp³-hybridized carbons (Fsp3) is 0.478. The first-order valence-corrected chi connectivity index (χ1v) is 12.0. The van der Waals surface area contributed by atoms with Gasteiger partial charge in [-0.3, -0.25) is 4.79 Å². The molecule has 1 N–H and O–H groups in total. The predicted molar refractivity (Wildman–Crippen MR) is 128 cm³/mol. The Morgan fingerprint density at radius 2 is 1.79 bits per heavy atom. The third-order valence-electron chi connectivity index (χ3n) is 5.30. The largest absolute Gasteiger partial charge is 0.303 e. The summed E-state index contributed by atoms with van der Waals surface area (Å²) in [5, 5.41) is 1.43. The van der Waals surface area contributed by atoms with E-state index in [0.717, 1.165) is 46.2 Å². The van der Waals surface area contributed by atoms with Crippen molar-refractivity contribution in [1.82, 2.24) is 14.9 Å². The minimum Gasteiger partial charge on any atom is -0.303 e. The quantitative estimate of drug-likeness (QED) is 0.387. The van der Waals surface area contributed by atoms with Crippen LogP contribution in [-0.4, -0.2) is 40.3 Å². The highest BCUT2D eigenvalue weighted by molar-refractivity contribution is 7.99. The molecule has 6 heteroatoms. The van der Waals surface area contributed by atoms with Crippen LogP contribution in [0.1, 0.15) is 45.1 Å². The van der Waals surface area contributed by atoms with Crippen LogP contribution in [-0.2, 0) is 5.41 Å². The number of hydrogen-bond donors (Lipinski definition) is 1. The van der Waals surface area contributed by atoms with Crippen LogP contribution in [0, 0.1) is 6.92 Å². The van der Waals surface area contributed by atoms with Crippen LogP contribution in [0.15, 0.2) is 34.2 Å². The van der Waals surface area contributed by atoms with Crippen LogP contribution >= 0.6 is 23.1 Å². The molecule has 0 bridgehead atoms. The van der Waals surface area contributed by atoms with Crippen molar-refractivity contribution in [2.24, 2.45) is 0 Å². The lowest BCUT2D eigenvalue weighted by atomic mass is 9.86. The van der Waals surface area contributed by atoms with E-state index in [1.807, 2.05) is 0 Å². The SMILES string of the molecule is CCN(CC)CCSc1nc2sc(C)c(-c3ccc(C(C)(C)C)cc3)c2c(=O)[nH]1. The second kappa shape index (κ2) is 9.02. The van der Waals surface area contributed by atoms with E-state index in [0.29, 0.717) is 10.5 Å². The van der Waals surface area contributed by atoms with Gasteiger partial charge in [-0.1, -0.05) is 70.6 Å². The zero-order valence-corrected chi connectivity index (χ0v) is 19.9.